The van der Waals surface area contributed by atoms with E-state index in [0.29, 0.717) is 5.41 Å². The van der Waals surface area contributed by atoms with Crippen LogP contribution in [0.3, 0.4) is 0 Å². The second-order valence-electron chi connectivity index (χ2n) is 6.10. The molecule has 0 amide bonds. The van der Waals surface area contributed by atoms with Gasteiger partial charge in [0, 0.05) is 9.13 Å². The van der Waals surface area contributed by atoms with E-state index < -0.39 is 0 Å². The van der Waals surface area contributed by atoms with Crippen LogP contribution < -0.4 is 0 Å². The zero-order valence-corrected chi connectivity index (χ0v) is 13.8. The summed E-state index contributed by atoms with van der Waals surface area (Å²) >= 11 is 2.24. The number of halogens is 1. The van der Waals surface area contributed by atoms with Crippen LogP contribution in [0.5, 0.6) is 0 Å². The SMILES string of the molecule is CC1(C)CCC(OCC(=O)c2ccc(I)cc2)CC1. The summed E-state index contributed by atoms with van der Waals surface area (Å²) in [6.45, 7) is 4.83. The van der Waals surface area contributed by atoms with Gasteiger partial charge in [-0.05, 0) is 65.8 Å². The zero-order chi connectivity index (χ0) is 13.9. The summed E-state index contributed by atoms with van der Waals surface area (Å²) in [6.07, 6.45) is 4.80. The highest BCUT2D eigenvalue weighted by molar-refractivity contribution is 14.1. The lowest BCUT2D eigenvalue weighted by atomic mass is 9.76. The van der Waals surface area contributed by atoms with Gasteiger partial charge in [0.15, 0.2) is 5.78 Å². The lowest BCUT2D eigenvalue weighted by Gasteiger charge is -2.34. The summed E-state index contributed by atoms with van der Waals surface area (Å²) in [6, 6.07) is 7.66. The number of rotatable bonds is 4. The predicted molar refractivity (Wildman–Crippen MR) is 85.5 cm³/mol. The van der Waals surface area contributed by atoms with Gasteiger partial charge in [-0.2, -0.15) is 0 Å². The van der Waals surface area contributed by atoms with Crippen molar-refractivity contribution >= 4 is 28.4 Å². The van der Waals surface area contributed by atoms with Crippen molar-refractivity contribution in [1.29, 1.82) is 0 Å². The van der Waals surface area contributed by atoms with E-state index in [0.717, 1.165) is 22.0 Å². The molecule has 2 nitrogen and oxygen atoms in total. The Labute approximate surface area is 129 Å². The largest absolute Gasteiger partial charge is 0.370 e. The van der Waals surface area contributed by atoms with Crippen molar-refractivity contribution in [2.45, 2.75) is 45.6 Å². The van der Waals surface area contributed by atoms with Gasteiger partial charge in [-0.15, -0.1) is 0 Å². The van der Waals surface area contributed by atoms with Crippen LogP contribution in [0, 0.1) is 8.99 Å². The fourth-order valence-corrected chi connectivity index (χ4v) is 2.81. The highest BCUT2D eigenvalue weighted by atomic mass is 127. The van der Waals surface area contributed by atoms with Crippen LogP contribution in [0.1, 0.15) is 49.9 Å². The van der Waals surface area contributed by atoms with Crippen LogP contribution in [0.25, 0.3) is 0 Å². The summed E-state index contributed by atoms with van der Waals surface area (Å²) < 4.78 is 6.91. The minimum Gasteiger partial charge on any atom is -0.370 e. The maximum atomic E-state index is 12.0. The number of carbonyl (C=O) groups excluding carboxylic acids is 1. The average molecular weight is 372 g/mol. The van der Waals surface area contributed by atoms with E-state index in [2.05, 4.69) is 36.4 Å². The molecule has 1 aliphatic carbocycles. The van der Waals surface area contributed by atoms with Crippen LogP contribution in [-0.4, -0.2) is 18.5 Å². The van der Waals surface area contributed by atoms with E-state index >= 15 is 0 Å². The average Bonchev–Trinajstić information content (AvgIpc) is 2.38. The van der Waals surface area contributed by atoms with Crippen molar-refractivity contribution in [2.24, 2.45) is 5.41 Å². The third-order valence-corrected chi connectivity index (χ3v) is 4.62. The van der Waals surface area contributed by atoms with Gasteiger partial charge in [-0.25, -0.2) is 0 Å². The Morgan fingerprint density at radius 2 is 1.84 bits per heavy atom. The molecule has 0 bridgehead atoms. The second-order valence-corrected chi connectivity index (χ2v) is 7.35. The number of hydrogen-bond donors (Lipinski definition) is 0. The summed E-state index contributed by atoms with van der Waals surface area (Å²) in [4.78, 5) is 12.0. The molecule has 3 heteroatoms. The van der Waals surface area contributed by atoms with Crippen LogP contribution in [-0.2, 0) is 4.74 Å². The molecule has 0 N–H and O–H groups in total. The first-order chi connectivity index (χ1) is 8.96. The van der Waals surface area contributed by atoms with Crippen LogP contribution in [0.4, 0.5) is 0 Å². The first-order valence-corrected chi connectivity index (χ1v) is 7.94. The Kier molecular flexibility index (Phi) is 5.01. The number of benzene rings is 1. The Morgan fingerprint density at radius 1 is 1.26 bits per heavy atom. The minimum absolute atomic E-state index is 0.0845. The lowest BCUT2D eigenvalue weighted by molar-refractivity contribution is 0.00862. The molecule has 0 unspecified atom stereocenters. The van der Waals surface area contributed by atoms with E-state index in [1.54, 1.807) is 0 Å². The third-order valence-electron chi connectivity index (χ3n) is 3.90. The molecule has 0 saturated heterocycles. The molecule has 1 aliphatic rings. The monoisotopic (exact) mass is 372 g/mol. The Balaban J connectivity index is 1.80. The Morgan fingerprint density at radius 3 is 2.42 bits per heavy atom. The molecule has 104 valence electrons. The van der Waals surface area contributed by atoms with E-state index in [9.17, 15) is 4.79 Å². The number of carbonyl (C=O) groups is 1. The highest BCUT2D eigenvalue weighted by Gasteiger charge is 2.27. The van der Waals surface area contributed by atoms with Gasteiger partial charge in [0.1, 0.15) is 6.61 Å². The van der Waals surface area contributed by atoms with E-state index in [1.807, 2.05) is 24.3 Å². The molecule has 0 aliphatic heterocycles. The van der Waals surface area contributed by atoms with Gasteiger partial charge < -0.3 is 4.74 Å². The van der Waals surface area contributed by atoms with E-state index in [4.69, 9.17) is 4.74 Å². The smallest absolute Gasteiger partial charge is 0.188 e. The standard InChI is InChI=1S/C16H21IO2/c1-16(2)9-7-14(8-10-16)19-11-15(18)12-3-5-13(17)6-4-12/h3-6,14H,7-11H2,1-2H3. The predicted octanol–water partition coefficient (Wildman–Crippen LogP) is 4.46. The van der Waals surface area contributed by atoms with Gasteiger partial charge in [-0.3, -0.25) is 4.79 Å². The van der Waals surface area contributed by atoms with Gasteiger partial charge >= 0.3 is 0 Å². The van der Waals surface area contributed by atoms with Gasteiger partial charge in [-0.1, -0.05) is 26.0 Å². The molecule has 1 fully saturated rings. The topological polar surface area (TPSA) is 26.3 Å². The van der Waals surface area contributed by atoms with E-state index in [1.165, 1.54) is 12.8 Å². The number of hydrogen-bond acceptors (Lipinski definition) is 2. The first-order valence-electron chi connectivity index (χ1n) is 6.87. The number of Topliss-reactive ketones (excluding diaryl/α,β-unsaturated/α-hetero) is 1. The molecule has 1 aromatic rings. The second kappa shape index (κ2) is 6.35. The zero-order valence-electron chi connectivity index (χ0n) is 11.6. The van der Waals surface area contributed by atoms with Crippen molar-refractivity contribution in [3.05, 3.63) is 33.4 Å². The van der Waals surface area contributed by atoms with Gasteiger partial charge in [0.05, 0.1) is 6.10 Å². The lowest BCUT2D eigenvalue weighted by Crippen LogP contribution is -2.28. The van der Waals surface area contributed by atoms with Gasteiger partial charge in [0.2, 0.25) is 0 Å². The third kappa shape index (κ3) is 4.56. The summed E-state index contributed by atoms with van der Waals surface area (Å²) in [5.74, 6) is 0.0845. The summed E-state index contributed by atoms with van der Waals surface area (Å²) in [5, 5.41) is 0. The first kappa shape index (κ1) is 15.0. The fourth-order valence-electron chi connectivity index (χ4n) is 2.45. The maximum absolute atomic E-state index is 12.0. The Hall–Kier alpha value is -0.420. The molecule has 1 saturated carbocycles. The molecule has 0 atom stereocenters. The number of ether oxygens (including phenoxy) is 1. The van der Waals surface area contributed by atoms with Crippen molar-refractivity contribution < 1.29 is 9.53 Å². The van der Waals surface area contributed by atoms with E-state index in [-0.39, 0.29) is 18.5 Å². The minimum atomic E-state index is 0.0845. The van der Waals surface area contributed by atoms with Crippen molar-refractivity contribution in [3.63, 3.8) is 0 Å². The van der Waals surface area contributed by atoms with Crippen LogP contribution in [0.15, 0.2) is 24.3 Å². The molecule has 19 heavy (non-hydrogen) atoms. The number of ketones is 1. The summed E-state index contributed by atoms with van der Waals surface area (Å²) in [5.41, 5.74) is 1.19. The Bertz CT molecular complexity index is 427. The molecule has 0 heterocycles. The molecule has 2 rings (SSSR count). The highest BCUT2D eigenvalue weighted by Crippen LogP contribution is 2.36. The van der Waals surface area contributed by atoms with Crippen molar-refractivity contribution in [2.75, 3.05) is 6.61 Å². The maximum Gasteiger partial charge on any atom is 0.188 e. The van der Waals surface area contributed by atoms with Gasteiger partial charge in [0.25, 0.3) is 0 Å². The molecule has 0 radical (unpaired) electrons. The van der Waals surface area contributed by atoms with Crippen molar-refractivity contribution in [1.82, 2.24) is 0 Å². The fraction of sp³-hybridized carbons (Fsp3) is 0.562. The van der Waals surface area contributed by atoms with Crippen LogP contribution >= 0.6 is 22.6 Å². The van der Waals surface area contributed by atoms with Crippen LogP contribution in [0.2, 0.25) is 0 Å². The summed E-state index contributed by atoms with van der Waals surface area (Å²) in [7, 11) is 0. The molecule has 1 aromatic carbocycles. The molecular formula is C16H21IO2. The van der Waals surface area contributed by atoms with Crippen molar-refractivity contribution in [3.8, 4) is 0 Å². The normalized spacial score (nSPS) is 19.3. The molecular weight excluding hydrogens is 351 g/mol. The molecule has 0 spiro atoms. The quantitative estimate of drug-likeness (QED) is 0.576. The molecule has 0 aromatic heterocycles.